The summed E-state index contributed by atoms with van der Waals surface area (Å²) >= 11 is 0. The standard InChI is InChI=1S/C42H55N3O7.BrH/c1-2-36(43-25-38(47)35-23-33(46)24-37-41(35)51-27-40(48)44-37)29-13-15-34(16-14-29)50-22-8-19-45-20-17-30(18-21-45)39(26-45)52-28-42(49,32-11-6-7-12-32)31-9-4-3-5-10-31;/h3-5,9-10,13-16,23-24,30,32,36,38-39,43,47,49H,2,6-8,11-12,17-22,25-28H2,1H3,(H-,44,46,48);1H/t30?,36-,38-,39-,42+,45?;/m0./s1. The summed E-state index contributed by atoms with van der Waals surface area (Å²) in [6.45, 7) is 7.72. The molecule has 5 aliphatic rings. The van der Waals surface area contributed by atoms with Gasteiger partial charge in [-0.15, -0.1) is 0 Å². The van der Waals surface area contributed by atoms with Gasteiger partial charge < -0.3 is 61.6 Å². The molecule has 53 heavy (non-hydrogen) atoms. The maximum absolute atomic E-state index is 12.1. The first-order valence-electron chi connectivity index (χ1n) is 19.4. The van der Waals surface area contributed by atoms with Crippen molar-refractivity contribution >= 4 is 11.6 Å². The van der Waals surface area contributed by atoms with Crippen molar-refractivity contribution < 1.29 is 55.8 Å². The molecule has 4 heterocycles. The van der Waals surface area contributed by atoms with Crippen LogP contribution in [0.15, 0.2) is 66.7 Å². The third-order valence-corrected chi connectivity index (χ3v) is 12.2. The van der Waals surface area contributed by atoms with E-state index >= 15 is 0 Å². The number of quaternary nitrogens is 1. The number of nitrogens with one attached hydrogen (secondary N) is 2. The van der Waals surface area contributed by atoms with Crippen LogP contribution in [0.5, 0.6) is 17.2 Å². The number of nitrogens with zero attached hydrogens (tertiary/aromatic N) is 1. The number of phenolic OH excluding ortho intramolecular Hbond substituents is 1. The minimum absolute atomic E-state index is 0. The number of aliphatic hydroxyl groups is 2. The van der Waals surface area contributed by atoms with Gasteiger partial charge in [0.1, 0.15) is 35.5 Å². The molecular weight excluding hydrogens is 738 g/mol. The highest BCUT2D eigenvalue weighted by molar-refractivity contribution is 5.96. The third kappa shape index (κ3) is 9.03. The molecule has 1 saturated carbocycles. The summed E-state index contributed by atoms with van der Waals surface area (Å²) in [4.78, 5) is 11.7. The summed E-state index contributed by atoms with van der Waals surface area (Å²) < 4.78 is 19.6. The molecule has 0 spiro atoms. The number of halogens is 1. The molecule has 0 unspecified atom stereocenters. The van der Waals surface area contributed by atoms with E-state index in [1.807, 2.05) is 30.3 Å². The average molecular weight is 795 g/mol. The van der Waals surface area contributed by atoms with Crippen molar-refractivity contribution in [3.05, 3.63) is 83.4 Å². The molecule has 1 amide bonds. The van der Waals surface area contributed by atoms with Crippen molar-refractivity contribution in [3.63, 3.8) is 0 Å². The van der Waals surface area contributed by atoms with E-state index in [0.29, 0.717) is 36.1 Å². The second-order valence-electron chi connectivity index (χ2n) is 15.6. The quantitative estimate of drug-likeness (QED) is 0.111. The van der Waals surface area contributed by atoms with Crippen molar-refractivity contribution in [2.45, 2.75) is 82.1 Å². The Morgan fingerprint density at radius 3 is 2.49 bits per heavy atom. The van der Waals surface area contributed by atoms with E-state index in [2.05, 4.69) is 41.8 Å². The Morgan fingerprint density at radius 1 is 1.04 bits per heavy atom. The zero-order chi connectivity index (χ0) is 36.1. The SMILES string of the molecule is CC[C@H](NC[C@H](O)c1cc(O)cc2c1OCC(=O)N2)c1ccc(OCCC[N+]23CCC(CC2)[C@@H](OC[C@@](O)(c2ccccc2)C2CCCC2)C3)cc1.[Br-]. The minimum Gasteiger partial charge on any atom is -1.00 e. The van der Waals surface area contributed by atoms with Crippen LogP contribution < -0.4 is 37.1 Å². The number of aromatic hydroxyl groups is 1. The maximum Gasteiger partial charge on any atom is 0.262 e. The Balaban J connectivity index is 0.00000481. The van der Waals surface area contributed by atoms with Crippen molar-refractivity contribution in [3.8, 4) is 17.2 Å². The van der Waals surface area contributed by atoms with Gasteiger partial charge in [-0.2, -0.15) is 0 Å². The molecule has 10 nitrogen and oxygen atoms in total. The van der Waals surface area contributed by atoms with Crippen LogP contribution >= 0.6 is 0 Å². The molecule has 0 radical (unpaired) electrons. The number of phenols is 1. The first kappa shape index (κ1) is 39.5. The van der Waals surface area contributed by atoms with E-state index in [4.69, 9.17) is 14.2 Å². The number of benzene rings is 3. The summed E-state index contributed by atoms with van der Waals surface area (Å²) in [5.41, 5.74) is 1.96. The molecule has 11 heteroatoms. The van der Waals surface area contributed by atoms with Crippen molar-refractivity contribution in [1.82, 2.24) is 5.32 Å². The number of anilines is 1. The smallest absolute Gasteiger partial charge is 0.262 e. The van der Waals surface area contributed by atoms with Crippen LogP contribution in [0.25, 0.3) is 0 Å². The van der Waals surface area contributed by atoms with Gasteiger partial charge in [0.05, 0.1) is 44.6 Å². The summed E-state index contributed by atoms with van der Waals surface area (Å²) in [7, 11) is 0. The number of ether oxygens (including phenoxy) is 3. The number of fused-ring (bicyclic) bond motifs is 4. The molecule has 8 rings (SSSR count). The zero-order valence-electron chi connectivity index (χ0n) is 30.9. The molecule has 4 aliphatic heterocycles. The van der Waals surface area contributed by atoms with Crippen LogP contribution in [0.2, 0.25) is 0 Å². The van der Waals surface area contributed by atoms with Crippen LogP contribution in [0.3, 0.4) is 0 Å². The fraction of sp³-hybridized carbons (Fsp3) is 0.548. The van der Waals surface area contributed by atoms with Crippen LogP contribution in [-0.4, -0.2) is 84.4 Å². The molecule has 4 atom stereocenters. The van der Waals surface area contributed by atoms with E-state index < -0.39 is 11.7 Å². The fourth-order valence-electron chi connectivity index (χ4n) is 9.23. The fourth-order valence-corrected chi connectivity index (χ4v) is 9.23. The zero-order valence-corrected chi connectivity index (χ0v) is 32.4. The Labute approximate surface area is 324 Å². The van der Waals surface area contributed by atoms with E-state index in [1.165, 1.54) is 50.9 Å². The molecular formula is C42H56BrN3O7. The summed E-state index contributed by atoms with van der Waals surface area (Å²) in [5.74, 6) is 1.72. The number of aliphatic hydroxyl groups excluding tert-OH is 1. The van der Waals surface area contributed by atoms with Gasteiger partial charge >= 0.3 is 0 Å². The first-order chi connectivity index (χ1) is 25.2. The van der Waals surface area contributed by atoms with Gasteiger partial charge in [-0.05, 0) is 54.5 Å². The van der Waals surface area contributed by atoms with Crippen LogP contribution in [0, 0.1) is 11.8 Å². The third-order valence-electron chi connectivity index (χ3n) is 12.2. The van der Waals surface area contributed by atoms with Gasteiger partial charge in [0.15, 0.2) is 6.61 Å². The van der Waals surface area contributed by atoms with Gasteiger partial charge in [-0.25, -0.2) is 0 Å². The van der Waals surface area contributed by atoms with Gasteiger partial charge in [0, 0.05) is 49.4 Å². The van der Waals surface area contributed by atoms with E-state index in [1.54, 1.807) is 0 Å². The molecule has 5 N–H and O–H groups in total. The number of rotatable bonds is 16. The van der Waals surface area contributed by atoms with Gasteiger partial charge in [0.25, 0.3) is 5.91 Å². The first-order valence-corrected chi connectivity index (χ1v) is 19.4. The van der Waals surface area contributed by atoms with Crippen molar-refractivity contribution in [2.75, 3.05) is 57.9 Å². The highest BCUT2D eigenvalue weighted by Crippen LogP contribution is 2.43. The lowest BCUT2D eigenvalue weighted by Crippen LogP contribution is -3.00. The Bertz CT molecular complexity index is 1650. The Morgan fingerprint density at radius 2 is 1.77 bits per heavy atom. The molecule has 1 aliphatic carbocycles. The second kappa shape index (κ2) is 17.5. The Kier molecular flexibility index (Phi) is 13.1. The molecule has 2 bridgehead atoms. The van der Waals surface area contributed by atoms with Crippen LogP contribution in [0.1, 0.15) is 87.1 Å². The number of carbonyl (C=O) groups is 1. The van der Waals surface area contributed by atoms with Crippen LogP contribution in [-0.2, 0) is 15.1 Å². The molecule has 3 aromatic carbocycles. The second-order valence-corrected chi connectivity index (χ2v) is 15.6. The predicted molar refractivity (Wildman–Crippen MR) is 199 cm³/mol. The predicted octanol–water partition coefficient (Wildman–Crippen LogP) is 2.97. The number of hydrogen-bond donors (Lipinski definition) is 5. The highest BCUT2D eigenvalue weighted by Gasteiger charge is 2.48. The summed E-state index contributed by atoms with van der Waals surface area (Å²) in [6, 6.07) is 21.3. The maximum atomic E-state index is 12.1. The summed E-state index contributed by atoms with van der Waals surface area (Å²) in [6.07, 6.45) is 7.90. The van der Waals surface area contributed by atoms with E-state index in [0.717, 1.165) is 60.1 Å². The molecule has 0 aromatic heterocycles. The van der Waals surface area contributed by atoms with Crippen LogP contribution in [0.4, 0.5) is 5.69 Å². The number of piperidine rings is 3. The number of hydrogen-bond acceptors (Lipinski definition) is 8. The number of carbonyl (C=O) groups excluding carboxylic acids is 1. The van der Waals surface area contributed by atoms with Crippen molar-refractivity contribution in [1.29, 1.82) is 0 Å². The molecule has 288 valence electrons. The minimum atomic E-state index is -0.944. The van der Waals surface area contributed by atoms with E-state index in [9.17, 15) is 20.1 Å². The van der Waals surface area contributed by atoms with Gasteiger partial charge in [-0.1, -0.05) is 62.2 Å². The largest absolute Gasteiger partial charge is 1.00 e. The summed E-state index contributed by atoms with van der Waals surface area (Å²) in [5, 5.41) is 39.3. The van der Waals surface area contributed by atoms with E-state index in [-0.39, 0.29) is 59.9 Å². The topological polar surface area (TPSA) is 130 Å². The normalized spacial score (nSPS) is 24.6. The molecule has 3 aromatic rings. The number of amides is 1. The molecule has 4 fully saturated rings. The lowest BCUT2D eigenvalue weighted by atomic mass is 9.80. The average Bonchev–Trinajstić information content (AvgIpc) is 3.73. The monoisotopic (exact) mass is 793 g/mol. The van der Waals surface area contributed by atoms with Gasteiger partial charge in [0.2, 0.25) is 0 Å². The lowest BCUT2D eigenvalue weighted by Gasteiger charge is -2.53. The van der Waals surface area contributed by atoms with Crippen molar-refractivity contribution in [2.24, 2.45) is 11.8 Å². The highest BCUT2D eigenvalue weighted by atomic mass is 79.9. The lowest BCUT2D eigenvalue weighted by molar-refractivity contribution is -0.946. The molecule has 3 saturated heterocycles. The van der Waals surface area contributed by atoms with Gasteiger partial charge in [-0.3, -0.25) is 4.79 Å². The Hall–Kier alpha value is -3.19.